The first-order chi connectivity index (χ1) is 10.3. The molecular weight excluding hydrogens is 286 g/mol. The predicted molar refractivity (Wildman–Crippen MR) is 82.5 cm³/mol. The highest BCUT2D eigenvalue weighted by Crippen LogP contribution is 2.28. The molecule has 4 rings (SSSR count). The topological polar surface area (TPSA) is 43.0 Å². The number of furan rings is 1. The number of hydrogen-bond acceptors (Lipinski definition) is 3. The van der Waals surface area contributed by atoms with Gasteiger partial charge in [-0.25, -0.2) is 4.98 Å². The van der Waals surface area contributed by atoms with Crippen LogP contribution in [0.2, 0.25) is 5.02 Å². The van der Waals surface area contributed by atoms with Gasteiger partial charge >= 0.3 is 0 Å². The number of fused-ring (bicyclic) bond motifs is 1. The summed E-state index contributed by atoms with van der Waals surface area (Å²) in [5.74, 6) is 2.00. The molecule has 0 bridgehead atoms. The molecule has 1 aromatic carbocycles. The van der Waals surface area contributed by atoms with Crippen molar-refractivity contribution in [1.29, 1.82) is 0 Å². The first kappa shape index (κ1) is 12.9. The summed E-state index contributed by atoms with van der Waals surface area (Å²) in [5, 5.41) is 4.24. The molecule has 1 atom stereocenters. The van der Waals surface area contributed by atoms with Crippen molar-refractivity contribution in [1.82, 2.24) is 14.9 Å². The molecule has 1 aliphatic rings. The predicted octanol–water partition coefficient (Wildman–Crippen LogP) is 3.76. The second-order valence-corrected chi connectivity index (χ2v) is 5.85. The van der Waals surface area contributed by atoms with Crippen LogP contribution in [0.5, 0.6) is 0 Å². The van der Waals surface area contributed by atoms with Crippen LogP contribution in [0.1, 0.15) is 30.5 Å². The number of imidazole rings is 1. The highest BCUT2D eigenvalue weighted by atomic mass is 35.5. The lowest BCUT2D eigenvalue weighted by molar-refractivity contribution is 0.481. The van der Waals surface area contributed by atoms with Crippen molar-refractivity contribution in [3.05, 3.63) is 53.2 Å². The molecule has 1 aliphatic heterocycles. The lowest BCUT2D eigenvalue weighted by Gasteiger charge is -2.13. The van der Waals surface area contributed by atoms with Gasteiger partial charge in [0, 0.05) is 5.02 Å². The summed E-state index contributed by atoms with van der Waals surface area (Å²) in [4.78, 5) is 4.81. The number of nitrogens with zero attached hydrogens (tertiary/aromatic N) is 2. The van der Waals surface area contributed by atoms with E-state index in [4.69, 9.17) is 21.0 Å². The normalized spacial score (nSPS) is 18.6. The van der Waals surface area contributed by atoms with Crippen molar-refractivity contribution in [2.45, 2.75) is 25.4 Å². The number of aromatic nitrogens is 2. The number of rotatable bonds is 3. The van der Waals surface area contributed by atoms with Gasteiger partial charge in [-0.05, 0) is 49.7 Å². The molecule has 1 N–H and O–H groups in total. The Labute approximate surface area is 127 Å². The van der Waals surface area contributed by atoms with Gasteiger partial charge in [-0.15, -0.1) is 0 Å². The van der Waals surface area contributed by atoms with Crippen molar-refractivity contribution in [3.63, 3.8) is 0 Å². The van der Waals surface area contributed by atoms with E-state index in [1.807, 2.05) is 30.3 Å². The molecule has 5 heteroatoms. The minimum atomic E-state index is 0.311. The summed E-state index contributed by atoms with van der Waals surface area (Å²) in [6, 6.07) is 10.1. The fourth-order valence-corrected chi connectivity index (χ4v) is 3.18. The standard InChI is InChI=1S/C16H16ClN3O/c17-11-5-6-15-14(9-11)19-16(13-4-1-7-18-13)20(15)10-12-3-2-8-21-12/h2-3,5-6,8-9,13,18H,1,4,7,10H2. The lowest BCUT2D eigenvalue weighted by atomic mass is 10.2. The molecular formula is C16H16ClN3O. The van der Waals surface area contributed by atoms with Crippen LogP contribution in [-0.2, 0) is 6.54 Å². The van der Waals surface area contributed by atoms with E-state index in [2.05, 4.69) is 9.88 Å². The van der Waals surface area contributed by atoms with Crippen molar-refractivity contribution in [2.24, 2.45) is 0 Å². The molecule has 4 nitrogen and oxygen atoms in total. The maximum absolute atomic E-state index is 6.10. The third-order valence-corrected chi connectivity index (χ3v) is 4.24. The molecule has 0 aliphatic carbocycles. The SMILES string of the molecule is Clc1ccc2c(c1)nc(C1CCCN1)n2Cc1ccco1. The van der Waals surface area contributed by atoms with Crippen LogP contribution in [0, 0.1) is 0 Å². The maximum atomic E-state index is 6.10. The van der Waals surface area contributed by atoms with Crippen LogP contribution in [0.15, 0.2) is 41.0 Å². The number of nitrogens with one attached hydrogen (secondary N) is 1. The van der Waals surface area contributed by atoms with Crippen LogP contribution in [-0.4, -0.2) is 16.1 Å². The Morgan fingerprint density at radius 2 is 2.33 bits per heavy atom. The second-order valence-electron chi connectivity index (χ2n) is 5.42. The Bertz CT molecular complexity index is 757. The van der Waals surface area contributed by atoms with E-state index < -0.39 is 0 Å². The van der Waals surface area contributed by atoms with Crippen LogP contribution in [0.4, 0.5) is 0 Å². The van der Waals surface area contributed by atoms with E-state index in [0.717, 1.165) is 40.6 Å². The van der Waals surface area contributed by atoms with E-state index in [-0.39, 0.29) is 0 Å². The zero-order valence-corrected chi connectivity index (χ0v) is 12.3. The van der Waals surface area contributed by atoms with Gasteiger partial charge in [0.05, 0.1) is 29.9 Å². The Morgan fingerprint density at radius 1 is 1.38 bits per heavy atom. The first-order valence-corrected chi connectivity index (χ1v) is 7.60. The summed E-state index contributed by atoms with van der Waals surface area (Å²) in [6.45, 7) is 1.74. The highest BCUT2D eigenvalue weighted by Gasteiger charge is 2.23. The summed E-state index contributed by atoms with van der Waals surface area (Å²) >= 11 is 6.10. The Morgan fingerprint density at radius 3 is 3.10 bits per heavy atom. The summed E-state index contributed by atoms with van der Waals surface area (Å²) in [7, 11) is 0. The summed E-state index contributed by atoms with van der Waals surface area (Å²) < 4.78 is 7.73. The van der Waals surface area contributed by atoms with Gasteiger partial charge in [0.2, 0.25) is 0 Å². The molecule has 108 valence electrons. The molecule has 0 spiro atoms. The van der Waals surface area contributed by atoms with Crippen molar-refractivity contribution >= 4 is 22.6 Å². The van der Waals surface area contributed by atoms with Gasteiger partial charge in [-0.1, -0.05) is 11.6 Å². The lowest BCUT2D eigenvalue weighted by Crippen LogP contribution is -2.18. The maximum Gasteiger partial charge on any atom is 0.127 e. The minimum absolute atomic E-state index is 0.311. The van der Waals surface area contributed by atoms with Crippen molar-refractivity contribution < 1.29 is 4.42 Å². The van der Waals surface area contributed by atoms with Crippen LogP contribution in [0.3, 0.4) is 0 Å². The van der Waals surface area contributed by atoms with E-state index in [1.54, 1.807) is 6.26 Å². The first-order valence-electron chi connectivity index (χ1n) is 7.23. The minimum Gasteiger partial charge on any atom is -0.467 e. The number of benzene rings is 1. The van der Waals surface area contributed by atoms with Gasteiger partial charge in [-0.3, -0.25) is 0 Å². The molecule has 21 heavy (non-hydrogen) atoms. The molecule has 1 saturated heterocycles. The van der Waals surface area contributed by atoms with Crippen molar-refractivity contribution in [2.75, 3.05) is 6.54 Å². The Kier molecular flexibility index (Phi) is 3.20. The quantitative estimate of drug-likeness (QED) is 0.801. The van der Waals surface area contributed by atoms with Crippen LogP contribution >= 0.6 is 11.6 Å². The molecule has 3 heterocycles. The zero-order valence-electron chi connectivity index (χ0n) is 11.6. The highest BCUT2D eigenvalue weighted by molar-refractivity contribution is 6.31. The summed E-state index contributed by atoms with van der Waals surface area (Å²) in [6.07, 6.45) is 4.02. The number of hydrogen-bond donors (Lipinski definition) is 1. The molecule has 1 unspecified atom stereocenters. The van der Waals surface area contributed by atoms with E-state index in [1.165, 1.54) is 6.42 Å². The molecule has 2 aromatic heterocycles. The zero-order chi connectivity index (χ0) is 14.2. The summed E-state index contributed by atoms with van der Waals surface area (Å²) in [5.41, 5.74) is 2.04. The van der Waals surface area contributed by atoms with Gasteiger partial charge in [0.15, 0.2) is 0 Å². The van der Waals surface area contributed by atoms with Gasteiger partial charge < -0.3 is 14.3 Å². The third-order valence-electron chi connectivity index (χ3n) is 4.01. The average Bonchev–Trinajstić information content (AvgIpc) is 3.19. The molecule has 3 aromatic rings. The average molecular weight is 302 g/mol. The van der Waals surface area contributed by atoms with Crippen LogP contribution < -0.4 is 5.32 Å². The Hall–Kier alpha value is -1.78. The van der Waals surface area contributed by atoms with Crippen molar-refractivity contribution in [3.8, 4) is 0 Å². The fraction of sp³-hybridized carbons (Fsp3) is 0.312. The van der Waals surface area contributed by atoms with E-state index in [9.17, 15) is 0 Å². The third kappa shape index (κ3) is 2.34. The van der Waals surface area contributed by atoms with E-state index >= 15 is 0 Å². The smallest absolute Gasteiger partial charge is 0.127 e. The van der Waals surface area contributed by atoms with Gasteiger partial charge in [0.25, 0.3) is 0 Å². The van der Waals surface area contributed by atoms with Crippen LogP contribution in [0.25, 0.3) is 11.0 Å². The van der Waals surface area contributed by atoms with Gasteiger partial charge in [-0.2, -0.15) is 0 Å². The number of halogens is 1. The van der Waals surface area contributed by atoms with Gasteiger partial charge in [0.1, 0.15) is 11.6 Å². The molecule has 0 saturated carbocycles. The molecule has 0 radical (unpaired) electrons. The molecule has 1 fully saturated rings. The second kappa shape index (κ2) is 5.20. The Balaban J connectivity index is 1.85. The van der Waals surface area contributed by atoms with E-state index in [0.29, 0.717) is 12.6 Å². The largest absolute Gasteiger partial charge is 0.467 e. The molecule has 0 amide bonds. The monoisotopic (exact) mass is 301 g/mol. The fourth-order valence-electron chi connectivity index (χ4n) is 3.02.